The molecule has 2 aliphatic heterocycles. The van der Waals surface area contributed by atoms with Crippen LogP contribution < -0.4 is 5.32 Å². The predicted octanol–water partition coefficient (Wildman–Crippen LogP) is 4.58. The van der Waals surface area contributed by atoms with E-state index in [1.54, 1.807) is 11.8 Å². The van der Waals surface area contributed by atoms with Gasteiger partial charge >= 0.3 is 0 Å². The van der Waals surface area contributed by atoms with Crippen LogP contribution in [-0.2, 0) is 16.1 Å². The summed E-state index contributed by atoms with van der Waals surface area (Å²) < 4.78 is 0. The number of carbonyl (C=O) groups is 3. The molecule has 2 aliphatic rings. The largest absolute Gasteiger partial charge is 0.301 e. The van der Waals surface area contributed by atoms with Crippen molar-refractivity contribution in [3.8, 4) is 0 Å². The molecule has 0 aliphatic carbocycles. The van der Waals surface area contributed by atoms with Crippen LogP contribution in [0.4, 0.5) is 0 Å². The topological polar surface area (TPSA) is 73.0 Å². The summed E-state index contributed by atoms with van der Waals surface area (Å²) in [6.45, 7) is 7.69. The van der Waals surface area contributed by atoms with E-state index in [4.69, 9.17) is 0 Å². The highest BCUT2D eigenvalue weighted by Gasteiger charge is 2.30. The predicted molar refractivity (Wildman–Crippen MR) is 156 cm³/mol. The molecule has 1 N–H and O–H groups in total. The van der Waals surface area contributed by atoms with Gasteiger partial charge in [-0.1, -0.05) is 51.2 Å². The first-order valence-electron chi connectivity index (χ1n) is 14.6. The molecule has 0 aromatic heterocycles. The van der Waals surface area contributed by atoms with E-state index in [-0.39, 0.29) is 17.9 Å². The van der Waals surface area contributed by atoms with Crippen molar-refractivity contribution < 1.29 is 14.4 Å². The Hall–Kier alpha value is -1.74. The van der Waals surface area contributed by atoms with Crippen LogP contribution in [0.15, 0.2) is 23.1 Å². The van der Waals surface area contributed by atoms with Gasteiger partial charge in [0.05, 0.1) is 6.04 Å². The molecule has 1 aromatic carbocycles. The first kappa shape index (κ1) is 30.8. The molecule has 2 amide bonds. The van der Waals surface area contributed by atoms with E-state index in [0.29, 0.717) is 24.9 Å². The van der Waals surface area contributed by atoms with Gasteiger partial charge in [0.15, 0.2) is 0 Å². The molecule has 0 radical (unpaired) electrons. The Bertz CT molecular complexity index is 911. The van der Waals surface area contributed by atoms with Crippen LogP contribution in [0.3, 0.4) is 0 Å². The molecule has 2 fully saturated rings. The minimum absolute atomic E-state index is 0.209. The molecule has 0 bridgehead atoms. The summed E-state index contributed by atoms with van der Waals surface area (Å²) in [4.78, 5) is 43.8. The number of nitrogens with one attached hydrogen (secondary N) is 1. The number of thioether (sulfide) groups is 1. The number of piperazine rings is 1. The zero-order valence-electron chi connectivity index (χ0n) is 23.8. The number of aldehydes is 1. The van der Waals surface area contributed by atoms with Crippen LogP contribution in [0.1, 0.15) is 87.1 Å². The summed E-state index contributed by atoms with van der Waals surface area (Å²) in [5, 5.41) is 2.43. The highest BCUT2D eigenvalue weighted by atomic mass is 32.2. The first-order chi connectivity index (χ1) is 18.4. The maximum Gasteiger partial charge on any atom is 0.243 e. The second-order valence-electron chi connectivity index (χ2n) is 11.0. The van der Waals surface area contributed by atoms with Crippen LogP contribution in [-0.4, -0.2) is 90.9 Å². The zero-order valence-corrected chi connectivity index (χ0v) is 24.6. The van der Waals surface area contributed by atoms with Crippen LogP contribution in [0.5, 0.6) is 0 Å². The van der Waals surface area contributed by atoms with Crippen molar-refractivity contribution in [2.24, 2.45) is 0 Å². The fourth-order valence-electron chi connectivity index (χ4n) is 5.64. The molecule has 2 atom stereocenters. The average Bonchev–Trinajstić information content (AvgIpc) is 2.90. The summed E-state index contributed by atoms with van der Waals surface area (Å²) in [6, 6.07) is 6.24. The summed E-state index contributed by atoms with van der Waals surface area (Å²) >= 11 is 1.81. The molecule has 2 unspecified atom stereocenters. The van der Waals surface area contributed by atoms with Crippen LogP contribution in [0.25, 0.3) is 0 Å². The molecule has 7 nitrogen and oxygen atoms in total. The summed E-state index contributed by atoms with van der Waals surface area (Å²) in [5.74, 6) is 0.572. The van der Waals surface area contributed by atoms with Gasteiger partial charge in [0.1, 0.15) is 6.29 Å². The standard InChI is InChI=1S/C30H48N4O3S/c1-4-12-25-21-34(19-18-32(25)2)17-9-7-5-6-8-10-20-38-28-14-11-13-24(23-35)26(28)22-33(3)27-15-16-29(36)31-30(27)37/h11,13-14,23,25,27H,4-10,12,15-22H2,1-3H3,(H,31,36,37). The highest BCUT2D eigenvalue weighted by Crippen LogP contribution is 2.28. The number of unbranched alkanes of at least 4 members (excludes halogenated alkanes) is 5. The van der Waals surface area contributed by atoms with Gasteiger partial charge in [-0.15, -0.1) is 11.8 Å². The molecule has 3 rings (SSSR count). The Morgan fingerprint density at radius 1 is 1.11 bits per heavy atom. The fraction of sp³-hybridized carbons (Fsp3) is 0.700. The van der Waals surface area contributed by atoms with Gasteiger partial charge < -0.3 is 9.80 Å². The molecule has 2 heterocycles. The maximum atomic E-state index is 12.3. The number of nitrogens with zero attached hydrogens (tertiary/aromatic N) is 3. The Kier molecular flexibility index (Phi) is 13.3. The lowest BCUT2D eigenvalue weighted by atomic mass is 10.0. The van der Waals surface area contributed by atoms with Crippen molar-refractivity contribution in [3.63, 3.8) is 0 Å². The Labute approximate surface area is 234 Å². The lowest BCUT2D eigenvalue weighted by molar-refractivity contribution is -0.137. The Morgan fingerprint density at radius 2 is 1.87 bits per heavy atom. The number of rotatable bonds is 16. The number of benzene rings is 1. The van der Waals surface area contributed by atoms with Crippen LogP contribution in [0.2, 0.25) is 0 Å². The molecule has 1 aromatic rings. The van der Waals surface area contributed by atoms with Gasteiger partial charge in [0.25, 0.3) is 0 Å². The van der Waals surface area contributed by atoms with Gasteiger partial charge in [0.2, 0.25) is 11.8 Å². The number of likely N-dealkylation sites (N-methyl/N-ethyl adjacent to an activating group) is 2. The van der Waals surface area contributed by atoms with Crippen molar-refractivity contribution in [1.82, 2.24) is 20.0 Å². The van der Waals surface area contributed by atoms with Crippen molar-refractivity contribution in [3.05, 3.63) is 29.3 Å². The van der Waals surface area contributed by atoms with E-state index in [1.807, 2.05) is 24.1 Å². The van der Waals surface area contributed by atoms with Crippen LogP contribution in [0, 0.1) is 0 Å². The van der Waals surface area contributed by atoms with Crippen molar-refractivity contribution >= 4 is 29.9 Å². The number of hydrogen-bond acceptors (Lipinski definition) is 7. The fourth-order valence-corrected chi connectivity index (χ4v) is 6.74. The number of carbonyl (C=O) groups excluding carboxylic acids is 3. The number of hydrogen-bond donors (Lipinski definition) is 1. The third kappa shape index (κ3) is 9.47. The van der Waals surface area contributed by atoms with Crippen LogP contribution >= 0.6 is 11.8 Å². The average molecular weight is 545 g/mol. The number of piperidine rings is 1. The van der Waals surface area contributed by atoms with E-state index in [9.17, 15) is 14.4 Å². The molecular formula is C30H48N4O3S. The lowest BCUT2D eigenvalue weighted by Gasteiger charge is -2.39. The minimum Gasteiger partial charge on any atom is -0.301 e. The van der Waals surface area contributed by atoms with E-state index in [1.165, 1.54) is 71.1 Å². The van der Waals surface area contributed by atoms with E-state index >= 15 is 0 Å². The number of imide groups is 1. The molecule has 2 saturated heterocycles. The minimum atomic E-state index is -0.348. The van der Waals surface area contributed by atoms with Gasteiger partial charge in [-0.05, 0) is 63.7 Å². The summed E-state index contributed by atoms with van der Waals surface area (Å²) in [7, 11) is 4.17. The normalized spacial score (nSPS) is 21.2. The maximum absolute atomic E-state index is 12.3. The summed E-state index contributed by atoms with van der Waals surface area (Å²) in [6.07, 6.45) is 12.0. The SMILES string of the molecule is CCCC1CN(CCCCCCCCSc2cccc(C=O)c2CN(C)C2CCC(=O)NC2=O)CCN1C. The molecule has 38 heavy (non-hydrogen) atoms. The van der Waals surface area contributed by atoms with E-state index in [2.05, 4.69) is 35.2 Å². The summed E-state index contributed by atoms with van der Waals surface area (Å²) in [5.41, 5.74) is 1.65. The molecule has 0 saturated carbocycles. The third-order valence-electron chi connectivity index (χ3n) is 8.06. The second kappa shape index (κ2) is 16.4. The Balaban J connectivity index is 1.34. The van der Waals surface area contributed by atoms with Gasteiger partial charge in [-0.2, -0.15) is 0 Å². The first-order valence-corrected chi connectivity index (χ1v) is 15.6. The van der Waals surface area contributed by atoms with Gasteiger partial charge in [-0.3, -0.25) is 24.6 Å². The molecule has 8 heteroatoms. The zero-order chi connectivity index (χ0) is 27.3. The van der Waals surface area contributed by atoms with Crippen molar-refractivity contribution in [2.75, 3.05) is 46.0 Å². The highest BCUT2D eigenvalue weighted by molar-refractivity contribution is 7.99. The van der Waals surface area contributed by atoms with Gasteiger partial charge in [0, 0.05) is 49.1 Å². The van der Waals surface area contributed by atoms with Crippen molar-refractivity contribution in [2.45, 2.75) is 94.7 Å². The molecule has 0 spiro atoms. The van der Waals surface area contributed by atoms with E-state index < -0.39 is 0 Å². The second-order valence-corrected chi connectivity index (χ2v) is 12.2. The lowest BCUT2D eigenvalue weighted by Crippen LogP contribution is -2.51. The van der Waals surface area contributed by atoms with Gasteiger partial charge in [-0.25, -0.2) is 0 Å². The molecule has 212 valence electrons. The van der Waals surface area contributed by atoms with Crippen molar-refractivity contribution in [1.29, 1.82) is 0 Å². The monoisotopic (exact) mass is 544 g/mol. The van der Waals surface area contributed by atoms with E-state index in [0.717, 1.165) is 35.0 Å². The number of amides is 2. The smallest absolute Gasteiger partial charge is 0.243 e. The third-order valence-corrected chi connectivity index (χ3v) is 9.24. The molecular weight excluding hydrogens is 496 g/mol. The quantitative estimate of drug-likeness (QED) is 0.141. The Morgan fingerprint density at radius 3 is 2.61 bits per heavy atom.